The predicted molar refractivity (Wildman–Crippen MR) is 146 cm³/mol. The van der Waals surface area contributed by atoms with E-state index in [2.05, 4.69) is 47.1 Å². The van der Waals surface area contributed by atoms with Crippen LogP contribution in [0.2, 0.25) is 0 Å². The normalized spacial score (nSPS) is 27.1. The molecule has 2 aliphatic heterocycles. The molecular formula is C29H34FN5O3. The maximum atomic E-state index is 14.7. The number of hydrazone groups is 1. The predicted octanol–water partition coefficient (Wildman–Crippen LogP) is 4.16. The second kappa shape index (κ2) is 12.0. The molecule has 0 aromatic heterocycles. The van der Waals surface area contributed by atoms with E-state index in [-0.39, 0.29) is 41.9 Å². The number of nitrogens with one attached hydrogen (secondary N) is 1. The SMILES string of the molecule is C=C1N=C(C(=O)N2CCC3C=CC=CC3C2C)C=C(NC)N1/N=C/C1=CCC(/C=C/C(=O)OCC)C=C1F. The summed E-state index contributed by atoms with van der Waals surface area (Å²) in [5, 5.41) is 8.84. The molecular weight excluding hydrogens is 485 g/mol. The summed E-state index contributed by atoms with van der Waals surface area (Å²) in [6.07, 6.45) is 19.0. The molecule has 1 N–H and O–H groups in total. The van der Waals surface area contributed by atoms with Crippen molar-refractivity contribution in [1.82, 2.24) is 15.2 Å². The molecule has 0 saturated carbocycles. The van der Waals surface area contributed by atoms with Crippen LogP contribution in [-0.4, -0.2) is 60.0 Å². The molecule has 4 atom stereocenters. The van der Waals surface area contributed by atoms with Crippen molar-refractivity contribution in [2.45, 2.75) is 32.7 Å². The summed E-state index contributed by atoms with van der Waals surface area (Å²) in [5.74, 6) is 0.183. The zero-order chi connectivity index (χ0) is 27.2. The van der Waals surface area contributed by atoms with Crippen molar-refractivity contribution in [1.29, 1.82) is 0 Å². The molecule has 2 heterocycles. The zero-order valence-electron chi connectivity index (χ0n) is 22.0. The fourth-order valence-electron chi connectivity index (χ4n) is 5.05. The molecule has 4 aliphatic rings. The molecule has 9 heteroatoms. The van der Waals surface area contributed by atoms with Gasteiger partial charge >= 0.3 is 5.97 Å². The quantitative estimate of drug-likeness (QED) is 0.310. The third-order valence-corrected chi connectivity index (χ3v) is 7.11. The van der Waals surface area contributed by atoms with Crippen LogP contribution in [0.3, 0.4) is 0 Å². The van der Waals surface area contributed by atoms with Gasteiger partial charge in [0.25, 0.3) is 5.91 Å². The Balaban J connectivity index is 1.43. The highest BCUT2D eigenvalue weighted by atomic mass is 19.1. The molecule has 4 rings (SSSR count). The second-order valence-electron chi connectivity index (χ2n) is 9.47. The van der Waals surface area contributed by atoms with Gasteiger partial charge in [-0.15, -0.1) is 0 Å². The van der Waals surface area contributed by atoms with Crippen molar-refractivity contribution >= 4 is 23.8 Å². The Kier molecular flexibility index (Phi) is 8.55. The van der Waals surface area contributed by atoms with Gasteiger partial charge in [-0.05, 0) is 38.7 Å². The molecule has 2 aliphatic carbocycles. The summed E-state index contributed by atoms with van der Waals surface area (Å²) >= 11 is 0. The van der Waals surface area contributed by atoms with Crippen LogP contribution in [-0.2, 0) is 14.3 Å². The molecule has 1 fully saturated rings. The van der Waals surface area contributed by atoms with E-state index >= 15 is 0 Å². The van der Waals surface area contributed by atoms with Gasteiger partial charge in [0.05, 0.1) is 12.8 Å². The maximum absolute atomic E-state index is 14.7. The van der Waals surface area contributed by atoms with E-state index in [1.54, 1.807) is 32.2 Å². The Morgan fingerprint density at radius 1 is 1.34 bits per heavy atom. The third kappa shape index (κ3) is 5.93. The van der Waals surface area contributed by atoms with Crippen LogP contribution >= 0.6 is 0 Å². The van der Waals surface area contributed by atoms with Gasteiger partial charge in [0.15, 0.2) is 0 Å². The number of fused-ring (bicyclic) bond motifs is 1. The third-order valence-electron chi connectivity index (χ3n) is 7.11. The Morgan fingerprint density at radius 2 is 2.13 bits per heavy atom. The van der Waals surface area contributed by atoms with Crippen molar-refractivity contribution < 1.29 is 18.7 Å². The number of hydrogen-bond donors (Lipinski definition) is 1. The first-order chi connectivity index (χ1) is 18.3. The second-order valence-corrected chi connectivity index (χ2v) is 9.47. The van der Waals surface area contributed by atoms with Gasteiger partial charge in [-0.1, -0.05) is 43.0 Å². The molecule has 200 valence electrons. The Hall–Kier alpha value is -4.01. The van der Waals surface area contributed by atoms with Gasteiger partial charge in [0.2, 0.25) is 0 Å². The zero-order valence-corrected chi connectivity index (χ0v) is 22.0. The number of esters is 1. The van der Waals surface area contributed by atoms with Crippen molar-refractivity contribution in [2.24, 2.45) is 27.8 Å². The minimum absolute atomic E-state index is 0.0462. The van der Waals surface area contributed by atoms with Crippen molar-refractivity contribution in [3.8, 4) is 0 Å². The van der Waals surface area contributed by atoms with Crippen LogP contribution in [0, 0.1) is 17.8 Å². The molecule has 0 aromatic carbocycles. The number of ether oxygens (including phenoxy) is 1. The van der Waals surface area contributed by atoms with Crippen LogP contribution in [0.25, 0.3) is 0 Å². The van der Waals surface area contributed by atoms with E-state index in [0.29, 0.717) is 30.3 Å². The first-order valence-corrected chi connectivity index (χ1v) is 12.9. The minimum Gasteiger partial charge on any atom is -0.463 e. The Labute approximate surface area is 223 Å². The van der Waals surface area contributed by atoms with E-state index in [1.165, 1.54) is 23.4 Å². The highest BCUT2D eigenvalue weighted by Gasteiger charge is 2.37. The number of carbonyl (C=O) groups is 2. The molecule has 1 saturated heterocycles. The van der Waals surface area contributed by atoms with Crippen LogP contribution in [0.1, 0.15) is 26.7 Å². The number of piperidine rings is 1. The number of rotatable bonds is 7. The summed E-state index contributed by atoms with van der Waals surface area (Å²) in [6, 6.07) is 0.0462. The van der Waals surface area contributed by atoms with Crippen LogP contribution in [0.5, 0.6) is 0 Å². The summed E-state index contributed by atoms with van der Waals surface area (Å²) in [5.41, 5.74) is 0.594. The lowest BCUT2D eigenvalue weighted by Gasteiger charge is -2.43. The summed E-state index contributed by atoms with van der Waals surface area (Å²) in [7, 11) is 1.71. The highest BCUT2D eigenvalue weighted by Crippen LogP contribution is 2.34. The van der Waals surface area contributed by atoms with Crippen LogP contribution < -0.4 is 5.32 Å². The lowest BCUT2D eigenvalue weighted by molar-refractivity contribution is -0.137. The Morgan fingerprint density at radius 3 is 2.87 bits per heavy atom. The summed E-state index contributed by atoms with van der Waals surface area (Å²) in [4.78, 5) is 31.3. The smallest absolute Gasteiger partial charge is 0.330 e. The van der Waals surface area contributed by atoms with Gasteiger partial charge in [-0.25, -0.2) is 14.2 Å². The number of halogens is 1. The van der Waals surface area contributed by atoms with Gasteiger partial charge in [-0.3, -0.25) is 4.79 Å². The molecule has 1 amide bonds. The monoisotopic (exact) mass is 519 g/mol. The van der Waals surface area contributed by atoms with Crippen LogP contribution in [0.4, 0.5) is 4.39 Å². The molecule has 4 unspecified atom stereocenters. The summed E-state index contributed by atoms with van der Waals surface area (Å²) < 4.78 is 19.6. The number of aliphatic imine (C=N–C) groups is 1. The van der Waals surface area contributed by atoms with Gasteiger partial charge in [0, 0.05) is 49.2 Å². The van der Waals surface area contributed by atoms with E-state index in [9.17, 15) is 14.0 Å². The lowest BCUT2D eigenvalue weighted by Crippen LogP contribution is -2.52. The van der Waals surface area contributed by atoms with Gasteiger partial charge < -0.3 is 15.0 Å². The number of allylic oxidation sites excluding steroid dienone is 8. The fraction of sp³-hybridized carbons (Fsp3) is 0.379. The molecule has 0 aromatic rings. The van der Waals surface area contributed by atoms with E-state index in [1.807, 2.05) is 11.0 Å². The number of likely N-dealkylation sites (tertiary alicyclic amines) is 1. The molecule has 0 spiro atoms. The highest BCUT2D eigenvalue weighted by molar-refractivity contribution is 6.43. The van der Waals surface area contributed by atoms with E-state index in [4.69, 9.17) is 4.74 Å². The van der Waals surface area contributed by atoms with Crippen molar-refractivity contribution in [3.63, 3.8) is 0 Å². The molecule has 8 nitrogen and oxygen atoms in total. The van der Waals surface area contributed by atoms with Crippen molar-refractivity contribution in [2.75, 3.05) is 20.2 Å². The average Bonchev–Trinajstić information content (AvgIpc) is 2.91. The largest absolute Gasteiger partial charge is 0.463 e. The topological polar surface area (TPSA) is 86.6 Å². The molecule has 0 bridgehead atoms. The lowest BCUT2D eigenvalue weighted by atomic mass is 9.77. The minimum atomic E-state index is -0.451. The fourth-order valence-corrected chi connectivity index (χ4v) is 5.05. The maximum Gasteiger partial charge on any atom is 0.330 e. The summed E-state index contributed by atoms with van der Waals surface area (Å²) in [6.45, 7) is 8.73. The Bertz CT molecular complexity index is 1220. The van der Waals surface area contributed by atoms with Gasteiger partial charge in [0.1, 0.15) is 23.2 Å². The van der Waals surface area contributed by atoms with E-state index < -0.39 is 11.8 Å². The van der Waals surface area contributed by atoms with Crippen LogP contribution in [0.15, 0.2) is 94.4 Å². The number of carbonyl (C=O) groups excluding carboxylic acids is 2. The molecule has 0 radical (unpaired) electrons. The first kappa shape index (κ1) is 27.0. The van der Waals surface area contributed by atoms with Crippen molar-refractivity contribution in [3.05, 3.63) is 84.3 Å². The molecule has 38 heavy (non-hydrogen) atoms. The average molecular weight is 520 g/mol. The first-order valence-electron chi connectivity index (χ1n) is 12.9. The number of nitrogens with zero attached hydrogens (tertiary/aromatic N) is 4. The van der Waals surface area contributed by atoms with E-state index in [0.717, 1.165) is 6.42 Å². The number of amides is 1. The van der Waals surface area contributed by atoms with Gasteiger partial charge in [-0.2, -0.15) is 10.1 Å². The number of hydrogen-bond acceptors (Lipinski definition) is 7. The standard InChI is InChI=1S/C29H34FN5O3/c1-5-38-28(36)13-11-21-10-12-23(25(30)16-21)18-32-35-20(3)33-26(17-27(35)31-4)29(37)34-15-14-22-8-6-7-9-24(22)19(34)2/h6-9,11-13,16-19,21-22,24,31H,3,5,10,14-15H2,1-2,4H3/b13-11+,32-18+.